The summed E-state index contributed by atoms with van der Waals surface area (Å²) in [6.07, 6.45) is 2.46. The van der Waals surface area contributed by atoms with Crippen molar-refractivity contribution in [3.8, 4) is 5.75 Å². The molecule has 0 N–H and O–H groups in total. The molecule has 0 spiro atoms. The van der Waals surface area contributed by atoms with Crippen molar-refractivity contribution in [3.63, 3.8) is 0 Å². The highest BCUT2D eigenvalue weighted by Crippen LogP contribution is 2.22. The third kappa shape index (κ3) is 8.69. The van der Waals surface area contributed by atoms with Gasteiger partial charge in [0.1, 0.15) is 11.4 Å². The van der Waals surface area contributed by atoms with Gasteiger partial charge in [-0.3, -0.25) is 14.4 Å². The van der Waals surface area contributed by atoms with Gasteiger partial charge in [-0.25, -0.2) is 9.59 Å². The minimum absolute atomic E-state index is 0.144. The number of piperidine rings is 1. The molecule has 2 aliphatic rings. The predicted molar refractivity (Wildman–Crippen MR) is 141 cm³/mol. The van der Waals surface area contributed by atoms with Crippen LogP contribution in [0, 0.1) is 0 Å². The summed E-state index contributed by atoms with van der Waals surface area (Å²) in [6, 6.07) is 6.11. The zero-order valence-corrected chi connectivity index (χ0v) is 23.3. The largest absolute Gasteiger partial charge is 0.482 e. The van der Waals surface area contributed by atoms with Crippen molar-refractivity contribution >= 4 is 29.7 Å². The molecule has 39 heavy (non-hydrogen) atoms. The highest BCUT2D eigenvalue weighted by atomic mass is 16.6. The summed E-state index contributed by atoms with van der Waals surface area (Å²) in [6.45, 7) is 8.83. The molecule has 2 aliphatic heterocycles. The maximum Gasteiger partial charge on any atom is 0.410 e. The van der Waals surface area contributed by atoms with Crippen molar-refractivity contribution in [3.05, 3.63) is 29.8 Å². The van der Waals surface area contributed by atoms with E-state index in [4.69, 9.17) is 14.2 Å². The Morgan fingerprint density at radius 2 is 1.62 bits per heavy atom. The maximum absolute atomic E-state index is 12.9. The highest BCUT2D eigenvalue weighted by Gasteiger charge is 2.39. The number of piperazine rings is 1. The summed E-state index contributed by atoms with van der Waals surface area (Å²) in [5.41, 5.74) is -0.214. The molecule has 0 aliphatic carbocycles. The van der Waals surface area contributed by atoms with Crippen molar-refractivity contribution in [2.45, 2.75) is 65.0 Å². The van der Waals surface area contributed by atoms with Gasteiger partial charge in [0.25, 0.3) is 0 Å². The van der Waals surface area contributed by atoms with Crippen LogP contribution in [-0.2, 0) is 23.9 Å². The Balaban J connectivity index is 1.45. The van der Waals surface area contributed by atoms with E-state index in [1.807, 2.05) is 27.7 Å². The average molecular weight is 546 g/mol. The van der Waals surface area contributed by atoms with Gasteiger partial charge in [-0.15, -0.1) is 0 Å². The van der Waals surface area contributed by atoms with E-state index in [1.165, 1.54) is 4.90 Å². The summed E-state index contributed by atoms with van der Waals surface area (Å²) in [5, 5.41) is 0. The average Bonchev–Trinajstić information content (AvgIpc) is 2.90. The van der Waals surface area contributed by atoms with Crippen LogP contribution in [0.3, 0.4) is 0 Å². The number of hydrogen-bond donors (Lipinski definition) is 0. The number of Topliss-reactive ketones (excluding diaryl/α,β-unsaturated/α-hetero) is 1. The molecule has 214 valence electrons. The number of likely N-dealkylation sites (tertiary alicyclic amines) is 1. The summed E-state index contributed by atoms with van der Waals surface area (Å²) < 4.78 is 15.8. The molecule has 0 bridgehead atoms. The van der Waals surface area contributed by atoms with Crippen molar-refractivity contribution in [1.82, 2.24) is 14.7 Å². The van der Waals surface area contributed by atoms with E-state index in [1.54, 1.807) is 34.1 Å². The van der Waals surface area contributed by atoms with Crippen LogP contribution in [0.5, 0.6) is 5.75 Å². The third-order valence-corrected chi connectivity index (χ3v) is 6.53. The Morgan fingerprint density at radius 1 is 0.949 bits per heavy atom. The molecular formula is C28H39N3O8. The molecule has 0 atom stereocenters. The molecule has 2 saturated heterocycles. The van der Waals surface area contributed by atoms with E-state index in [-0.39, 0.29) is 37.6 Å². The second kappa shape index (κ2) is 13.4. The van der Waals surface area contributed by atoms with Gasteiger partial charge >= 0.3 is 23.9 Å². The van der Waals surface area contributed by atoms with Gasteiger partial charge in [-0.05, 0) is 64.3 Å². The second-order valence-corrected chi connectivity index (χ2v) is 10.7. The summed E-state index contributed by atoms with van der Waals surface area (Å²) in [4.78, 5) is 66.9. The van der Waals surface area contributed by atoms with E-state index >= 15 is 0 Å². The lowest BCUT2D eigenvalue weighted by Gasteiger charge is -2.42. The lowest BCUT2D eigenvalue weighted by Crippen LogP contribution is -2.60. The topological polar surface area (TPSA) is 123 Å². The van der Waals surface area contributed by atoms with E-state index in [0.717, 1.165) is 12.8 Å². The van der Waals surface area contributed by atoms with E-state index < -0.39 is 23.4 Å². The summed E-state index contributed by atoms with van der Waals surface area (Å²) in [5.74, 6) is -1.68. The number of esters is 1. The first kappa shape index (κ1) is 29.9. The molecule has 2 fully saturated rings. The number of carbonyl (C=O) groups excluding carboxylic acids is 5. The van der Waals surface area contributed by atoms with Gasteiger partial charge in [0, 0.05) is 37.8 Å². The number of unbranched alkanes of at least 4 members (excludes halogenated alkanes) is 1. The van der Waals surface area contributed by atoms with Crippen molar-refractivity contribution in [2.75, 3.05) is 45.9 Å². The first-order valence-corrected chi connectivity index (χ1v) is 13.5. The fourth-order valence-electron chi connectivity index (χ4n) is 4.39. The van der Waals surface area contributed by atoms with Crippen molar-refractivity contribution in [1.29, 1.82) is 0 Å². The second-order valence-electron chi connectivity index (χ2n) is 10.7. The number of ether oxygens (including phenoxy) is 3. The molecule has 0 unspecified atom stereocenters. The number of ketones is 1. The quantitative estimate of drug-likeness (QED) is 0.190. The van der Waals surface area contributed by atoms with E-state index in [0.29, 0.717) is 50.4 Å². The fraction of sp³-hybridized carbons (Fsp3) is 0.607. The molecule has 1 aromatic rings. The normalized spacial score (nSPS) is 16.8. The van der Waals surface area contributed by atoms with Gasteiger partial charge in [0.05, 0.1) is 13.2 Å². The standard InChI is InChI=1S/C28H39N3O8/c1-5-6-17-37-24(33)19-38-22-9-7-20(8-10-22)23(32)18-30-15-16-31(26(35)25(30)34)21-11-13-29(14-12-21)27(36)39-28(2,3)4/h7-10,21H,5-6,11-19H2,1-4H3. The fourth-order valence-corrected chi connectivity index (χ4v) is 4.39. The van der Waals surface area contributed by atoms with Crippen LogP contribution in [-0.4, -0.2) is 102 Å². The van der Waals surface area contributed by atoms with Crippen LogP contribution in [0.25, 0.3) is 0 Å². The monoisotopic (exact) mass is 545 g/mol. The van der Waals surface area contributed by atoms with Crippen LogP contribution < -0.4 is 4.74 Å². The zero-order valence-electron chi connectivity index (χ0n) is 23.3. The molecule has 3 rings (SSSR count). The Hall–Kier alpha value is -3.63. The van der Waals surface area contributed by atoms with Gasteiger partial charge < -0.3 is 28.9 Å². The number of nitrogens with zero attached hydrogens (tertiary/aromatic N) is 3. The maximum atomic E-state index is 12.9. The Kier molecular flexibility index (Phi) is 10.3. The van der Waals surface area contributed by atoms with Gasteiger partial charge in [-0.2, -0.15) is 0 Å². The van der Waals surface area contributed by atoms with Crippen molar-refractivity contribution < 1.29 is 38.2 Å². The summed E-state index contributed by atoms with van der Waals surface area (Å²) >= 11 is 0. The Morgan fingerprint density at radius 3 is 2.23 bits per heavy atom. The van der Waals surface area contributed by atoms with Crippen LogP contribution in [0.2, 0.25) is 0 Å². The van der Waals surface area contributed by atoms with E-state index in [2.05, 4.69) is 0 Å². The van der Waals surface area contributed by atoms with Crippen LogP contribution in [0.15, 0.2) is 24.3 Å². The SMILES string of the molecule is CCCCOC(=O)COc1ccc(C(=O)CN2CCN(C3CCN(C(=O)OC(C)(C)C)CC3)C(=O)C2=O)cc1. The predicted octanol–water partition coefficient (Wildman–Crippen LogP) is 2.66. The lowest BCUT2D eigenvalue weighted by molar-refractivity contribution is -0.158. The minimum Gasteiger partial charge on any atom is -0.482 e. The Labute approximate surface area is 229 Å². The molecule has 1 aromatic carbocycles. The van der Waals surface area contributed by atoms with E-state index in [9.17, 15) is 24.0 Å². The first-order chi connectivity index (χ1) is 18.5. The lowest BCUT2D eigenvalue weighted by atomic mass is 10.0. The molecule has 11 heteroatoms. The van der Waals surface area contributed by atoms with Crippen LogP contribution in [0.4, 0.5) is 4.79 Å². The van der Waals surface area contributed by atoms with Crippen LogP contribution >= 0.6 is 0 Å². The number of carbonyl (C=O) groups is 5. The molecule has 2 heterocycles. The van der Waals surface area contributed by atoms with Gasteiger partial charge in [0.2, 0.25) is 0 Å². The number of benzene rings is 1. The van der Waals surface area contributed by atoms with Crippen LogP contribution in [0.1, 0.15) is 63.7 Å². The van der Waals surface area contributed by atoms with Crippen molar-refractivity contribution in [2.24, 2.45) is 0 Å². The smallest absolute Gasteiger partial charge is 0.410 e. The molecule has 11 nitrogen and oxygen atoms in total. The number of amides is 3. The van der Waals surface area contributed by atoms with Gasteiger partial charge in [0.15, 0.2) is 12.4 Å². The van der Waals surface area contributed by atoms with Gasteiger partial charge in [-0.1, -0.05) is 13.3 Å². The zero-order chi connectivity index (χ0) is 28.6. The molecule has 0 radical (unpaired) electrons. The molecular weight excluding hydrogens is 506 g/mol. The molecule has 0 saturated carbocycles. The number of hydrogen-bond acceptors (Lipinski definition) is 8. The molecule has 3 amide bonds. The molecule has 0 aromatic heterocycles. The third-order valence-electron chi connectivity index (χ3n) is 6.53. The highest BCUT2D eigenvalue weighted by molar-refractivity contribution is 6.35. The number of rotatable bonds is 10. The Bertz CT molecular complexity index is 1040. The minimum atomic E-state index is -0.703. The summed E-state index contributed by atoms with van der Waals surface area (Å²) in [7, 11) is 0. The first-order valence-electron chi connectivity index (χ1n) is 13.5.